The second-order valence-corrected chi connectivity index (χ2v) is 5.25. The van der Waals surface area contributed by atoms with Crippen molar-refractivity contribution in [1.82, 2.24) is 14.9 Å². The van der Waals surface area contributed by atoms with Crippen molar-refractivity contribution in [2.24, 2.45) is 0 Å². The van der Waals surface area contributed by atoms with Crippen LogP contribution in [-0.2, 0) is 0 Å². The van der Waals surface area contributed by atoms with Crippen molar-refractivity contribution in [3.05, 3.63) is 40.6 Å². The minimum Gasteiger partial charge on any atom is -0.326 e. The van der Waals surface area contributed by atoms with E-state index >= 15 is 0 Å². The number of thiophene rings is 1. The maximum atomic E-state index is 4.30. The van der Waals surface area contributed by atoms with Crippen LogP contribution in [0.4, 0.5) is 0 Å². The van der Waals surface area contributed by atoms with Gasteiger partial charge in [-0.05, 0) is 18.4 Å². The summed E-state index contributed by atoms with van der Waals surface area (Å²) in [5.74, 6) is 0.643. The van der Waals surface area contributed by atoms with Crippen LogP contribution in [0.15, 0.2) is 30.0 Å². The van der Waals surface area contributed by atoms with Crippen molar-refractivity contribution in [2.75, 3.05) is 13.1 Å². The molecule has 0 bridgehead atoms. The molecule has 0 aliphatic carbocycles. The van der Waals surface area contributed by atoms with Gasteiger partial charge in [0.05, 0.1) is 12.4 Å². The van der Waals surface area contributed by atoms with Crippen LogP contribution < -0.4 is 5.32 Å². The average Bonchev–Trinajstić information content (AvgIpc) is 2.84. The maximum Gasteiger partial charge on any atom is 0.0954 e. The molecular formula is C12H15N3S. The van der Waals surface area contributed by atoms with Gasteiger partial charge in [0.25, 0.3) is 0 Å². The standard InChI is InChI=1S/C12H15N3S/c1-9(12-3-2-4-16-12)15-8-14-7-11(15)10-5-13-6-10/h2-4,7-10,13H,5-6H2,1H3. The fourth-order valence-electron chi connectivity index (χ4n) is 2.12. The molecule has 1 fully saturated rings. The Hall–Kier alpha value is -1.13. The van der Waals surface area contributed by atoms with Crippen molar-refractivity contribution in [1.29, 1.82) is 0 Å². The number of hydrogen-bond acceptors (Lipinski definition) is 3. The molecule has 4 heteroatoms. The number of aromatic nitrogens is 2. The molecule has 0 spiro atoms. The Morgan fingerprint density at radius 3 is 3.06 bits per heavy atom. The highest BCUT2D eigenvalue weighted by Gasteiger charge is 2.24. The molecule has 1 N–H and O–H groups in total. The summed E-state index contributed by atoms with van der Waals surface area (Å²) >= 11 is 1.81. The van der Waals surface area contributed by atoms with Crippen molar-refractivity contribution in [2.45, 2.75) is 18.9 Å². The Labute approximate surface area is 99.1 Å². The third kappa shape index (κ3) is 1.58. The topological polar surface area (TPSA) is 29.9 Å². The second-order valence-electron chi connectivity index (χ2n) is 4.27. The van der Waals surface area contributed by atoms with E-state index in [2.05, 4.69) is 39.3 Å². The first-order valence-corrected chi connectivity index (χ1v) is 6.50. The molecule has 3 heterocycles. The summed E-state index contributed by atoms with van der Waals surface area (Å²) in [6, 6.07) is 4.70. The first-order valence-electron chi connectivity index (χ1n) is 5.62. The largest absolute Gasteiger partial charge is 0.326 e. The lowest BCUT2D eigenvalue weighted by Crippen LogP contribution is -2.41. The summed E-state index contributed by atoms with van der Waals surface area (Å²) in [5.41, 5.74) is 1.36. The normalized spacial score (nSPS) is 18.3. The third-order valence-corrected chi connectivity index (χ3v) is 4.31. The van der Waals surface area contributed by atoms with E-state index in [0.29, 0.717) is 12.0 Å². The van der Waals surface area contributed by atoms with E-state index in [1.165, 1.54) is 10.6 Å². The molecule has 16 heavy (non-hydrogen) atoms. The second kappa shape index (κ2) is 4.03. The molecule has 1 unspecified atom stereocenters. The zero-order valence-corrected chi connectivity index (χ0v) is 10.1. The summed E-state index contributed by atoms with van der Waals surface area (Å²) in [5, 5.41) is 5.44. The first-order chi connectivity index (χ1) is 7.86. The van der Waals surface area contributed by atoms with E-state index in [1.807, 2.05) is 23.9 Å². The summed E-state index contributed by atoms with van der Waals surface area (Å²) < 4.78 is 2.30. The number of hydrogen-bond donors (Lipinski definition) is 1. The summed E-state index contributed by atoms with van der Waals surface area (Å²) in [4.78, 5) is 5.69. The quantitative estimate of drug-likeness (QED) is 0.881. The van der Waals surface area contributed by atoms with E-state index in [4.69, 9.17) is 0 Å². The fourth-order valence-corrected chi connectivity index (χ4v) is 2.90. The van der Waals surface area contributed by atoms with Crippen LogP contribution in [0.3, 0.4) is 0 Å². The number of rotatable bonds is 3. The van der Waals surface area contributed by atoms with E-state index in [1.54, 1.807) is 0 Å². The van der Waals surface area contributed by atoms with E-state index in [-0.39, 0.29) is 0 Å². The van der Waals surface area contributed by atoms with Crippen LogP contribution in [0, 0.1) is 0 Å². The Balaban J connectivity index is 1.91. The smallest absolute Gasteiger partial charge is 0.0954 e. The van der Waals surface area contributed by atoms with Crippen molar-refractivity contribution in [3.63, 3.8) is 0 Å². The van der Waals surface area contributed by atoms with Gasteiger partial charge in [-0.15, -0.1) is 11.3 Å². The van der Waals surface area contributed by atoms with E-state index in [9.17, 15) is 0 Å². The van der Waals surface area contributed by atoms with Crippen LogP contribution in [0.2, 0.25) is 0 Å². The highest BCUT2D eigenvalue weighted by molar-refractivity contribution is 7.10. The lowest BCUT2D eigenvalue weighted by atomic mass is 9.99. The van der Waals surface area contributed by atoms with E-state index < -0.39 is 0 Å². The Kier molecular flexibility index (Phi) is 2.53. The van der Waals surface area contributed by atoms with Crippen LogP contribution in [-0.4, -0.2) is 22.6 Å². The van der Waals surface area contributed by atoms with Crippen LogP contribution in [0.1, 0.15) is 29.5 Å². The Morgan fingerprint density at radius 1 is 1.56 bits per heavy atom. The molecular weight excluding hydrogens is 218 g/mol. The van der Waals surface area contributed by atoms with Gasteiger partial charge in [0.15, 0.2) is 0 Å². The van der Waals surface area contributed by atoms with Gasteiger partial charge in [-0.1, -0.05) is 6.07 Å². The first kappa shape index (κ1) is 10.1. The lowest BCUT2D eigenvalue weighted by Gasteiger charge is -2.29. The number of imidazole rings is 1. The van der Waals surface area contributed by atoms with Crippen LogP contribution in [0.5, 0.6) is 0 Å². The zero-order chi connectivity index (χ0) is 11.0. The molecule has 0 radical (unpaired) electrons. The van der Waals surface area contributed by atoms with Gasteiger partial charge in [0, 0.05) is 35.8 Å². The fraction of sp³-hybridized carbons (Fsp3) is 0.417. The Bertz CT molecular complexity index is 456. The molecule has 0 aromatic carbocycles. The van der Waals surface area contributed by atoms with Crippen LogP contribution in [0.25, 0.3) is 0 Å². The molecule has 2 aromatic heterocycles. The molecule has 1 saturated heterocycles. The molecule has 0 saturated carbocycles. The molecule has 2 aromatic rings. The van der Waals surface area contributed by atoms with Gasteiger partial charge in [-0.2, -0.15) is 0 Å². The highest BCUT2D eigenvalue weighted by Crippen LogP contribution is 2.28. The molecule has 3 nitrogen and oxygen atoms in total. The SMILES string of the molecule is CC(c1cccs1)n1cncc1C1CNC1. The molecule has 1 aliphatic rings. The summed E-state index contributed by atoms with van der Waals surface area (Å²) in [7, 11) is 0. The van der Waals surface area contributed by atoms with Gasteiger partial charge in [0.1, 0.15) is 0 Å². The van der Waals surface area contributed by atoms with Gasteiger partial charge in [-0.25, -0.2) is 4.98 Å². The van der Waals surface area contributed by atoms with Gasteiger partial charge in [-0.3, -0.25) is 0 Å². The predicted molar refractivity (Wildman–Crippen MR) is 66.0 cm³/mol. The Morgan fingerprint density at radius 2 is 2.44 bits per heavy atom. The lowest BCUT2D eigenvalue weighted by molar-refractivity contribution is 0.419. The van der Waals surface area contributed by atoms with Crippen LogP contribution >= 0.6 is 11.3 Å². The van der Waals surface area contributed by atoms with Crippen molar-refractivity contribution >= 4 is 11.3 Å². The molecule has 0 amide bonds. The number of nitrogens with zero attached hydrogens (tertiary/aromatic N) is 2. The monoisotopic (exact) mass is 233 g/mol. The molecule has 1 atom stereocenters. The molecule has 3 rings (SSSR count). The highest BCUT2D eigenvalue weighted by atomic mass is 32.1. The van der Waals surface area contributed by atoms with Crippen molar-refractivity contribution < 1.29 is 0 Å². The summed E-state index contributed by atoms with van der Waals surface area (Å²) in [6.45, 7) is 4.41. The molecule has 1 aliphatic heterocycles. The minimum absolute atomic E-state index is 0.401. The zero-order valence-electron chi connectivity index (χ0n) is 9.26. The van der Waals surface area contributed by atoms with Gasteiger partial charge >= 0.3 is 0 Å². The maximum absolute atomic E-state index is 4.30. The minimum atomic E-state index is 0.401. The van der Waals surface area contributed by atoms with Crippen molar-refractivity contribution in [3.8, 4) is 0 Å². The molecule has 84 valence electrons. The average molecular weight is 233 g/mol. The van der Waals surface area contributed by atoms with Gasteiger partial charge in [0.2, 0.25) is 0 Å². The predicted octanol–water partition coefficient (Wildman–Crippen LogP) is 2.24. The van der Waals surface area contributed by atoms with E-state index in [0.717, 1.165) is 13.1 Å². The summed E-state index contributed by atoms with van der Waals surface area (Å²) in [6.07, 6.45) is 3.97. The third-order valence-electron chi connectivity index (χ3n) is 3.27. The van der Waals surface area contributed by atoms with Gasteiger partial charge < -0.3 is 9.88 Å². The number of nitrogens with one attached hydrogen (secondary N) is 1.